The maximum absolute atomic E-state index is 14.4. The lowest BCUT2D eigenvalue weighted by Crippen LogP contribution is -2.38. The van der Waals surface area contributed by atoms with Crippen LogP contribution in [-0.4, -0.2) is 71.2 Å². The highest BCUT2D eigenvalue weighted by Crippen LogP contribution is 2.34. The van der Waals surface area contributed by atoms with Gasteiger partial charge in [0.25, 0.3) is 0 Å². The number of likely N-dealkylation sites (N-methyl/N-ethyl adjacent to an activating group) is 1. The minimum absolute atomic E-state index is 0.0613. The molecule has 14 heteroatoms. The molecule has 1 heterocycles. The molecule has 2 saturated carbocycles. The molecule has 1 aromatic rings. The van der Waals surface area contributed by atoms with Gasteiger partial charge >= 0.3 is 12.1 Å². The summed E-state index contributed by atoms with van der Waals surface area (Å²) in [6.07, 6.45) is 5.44. The van der Waals surface area contributed by atoms with E-state index in [4.69, 9.17) is 33.7 Å². The molecule has 41 heavy (non-hydrogen) atoms. The molecule has 4 N–H and O–H groups in total. The number of hydrogen-bond acceptors (Lipinski definition) is 7. The molecular formula is C27H36Cl2F4N4O4. The van der Waals surface area contributed by atoms with Crippen LogP contribution in [0.4, 0.5) is 17.6 Å². The Morgan fingerprint density at radius 1 is 1.17 bits per heavy atom. The first-order valence-electron chi connectivity index (χ1n) is 13.0. The van der Waals surface area contributed by atoms with Gasteiger partial charge < -0.3 is 16.2 Å². The summed E-state index contributed by atoms with van der Waals surface area (Å²) in [5, 5.41) is 15.5. The molecule has 2 unspecified atom stereocenters. The Labute approximate surface area is 246 Å². The summed E-state index contributed by atoms with van der Waals surface area (Å²) in [6, 6.07) is 0. The molecule has 0 aromatic carbocycles. The van der Waals surface area contributed by atoms with Crippen molar-refractivity contribution in [3.63, 3.8) is 0 Å². The second kappa shape index (κ2) is 16.8. The predicted molar refractivity (Wildman–Crippen MR) is 149 cm³/mol. The Morgan fingerprint density at radius 3 is 2.10 bits per heavy atom. The largest absolute Gasteiger partial charge is 0.481 e. The lowest BCUT2D eigenvalue weighted by Gasteiger charge is -2.25. The minimum Gasteiger partial charge on any atom is -0.481 e. The average molecular weight is 628 g/mol. The molecule has 230 valence electrons. The number of hydrogen-bond donors (Lipinski definition) is 3. The third-order valence-corrected chi connectivity index (χ3v) is 7.50. The molecule has 0 spiro atoms. The third kappa shape index (κ3) is 12.1. The van der Waals surface area contributed by atoms with E-state index in [0.29, 0.717) is 18.8 Å². The molecule has 0 radical (unpaired) electrons. The van der Waals surface area contributed by atoms with Gasteiger partial charge in [-0.15, -0.1) is 0 Å². The number of nitrogens with two attached hydrogens (primary N) is 1. The number of ketones is 1. The van der Waals surface area contributed by atoms with Gasteiger partial charge in [0.1, 0.15) is 11.4 Å². The number of rotatable bonds is 8. The fourth-order valence-electron chi connectivity index (χ4n) is 4.73. The van der Waals surface area contributed by atoms with E-state index < -0.39 is 29.1 Å². The van der Waals surface area contributed by atoms with E-state index in [9.17, 15) is 31.9 Å². The molecule has 0 amide bonds. The topological polar surface area (TPSA) is 137 Å². The Kier molecular flexibility index (Phi) is 14.9. The van der Waals surface area contributed by atoms with Gasteiger partial charge in [0.05, 0.1) is 33.6 Å². The number of aromatic nitrogens is 1. The first kappa shape index (κ1) is 36.5. The molecule has 8 nitrogen and oxygen atoms in total. The number of halogens is 6. The SMILES string of the molecule is CC1CCCCC1C(=O)O.CN(CC(=O)c1c(Cl)cncc1Cl)CC1(F)CCCC1.N=C/C(C=O)=C(\N)C(F)(F)F. The van der Waals surface area contributed by atoms with E-state index in [1.807, 2.05) is 6.92 Å². The minimum atomic E-state index is -4.74. The summed E-state index contributed by atoms with van der Waals surface area (Å²) in [5.74, 6) is -0.487. The van der Waals surface area contributed by atoms with Gasteiger partial charge in [-0.25, -0.2) is 4.39 Å². The Hall–Kier alpha value is -2.57. The molecule has 0 bridgehead atoms. The van der Waals surface area contributed by atoms with E-state index in [1.165, 1.54) is 18.8 Å². The zero-order valence-electron chi connectivity index (χ0n) is 22.9. The lowest BCUT2D eigenvalue weighted by molar-refractivity contribution is -0.144. The zero-order chi connectivity index (χ0) is 31.4. The van der Waals surface area contributed by atoms with Crippen LogP contribution in [0.2, 0.25) is 10.0 Å². The number of aldehydes is 1. The second-order valence-electron chi connectivity index (χ2n) is 10.3. The van der Waals surface area contributed by atoms with E-state index >= 15 is 0 Å². The summed E-state index contributed by atoms with van der Waals surface area (Å²) >= 11 is 11.9. The number of alkyl halides is 4. The second-order valence-corrected chi connectivity index (χ2v) is 11.1. The third-order valence-electron chi connectivity index (χ3n) is 6.93. The van der Waals surface area contributed by atoms with Crippen molar-refractivity contribution >= 4 is 47.5 Å². The number of nitrogens with one attached hydrogen (secondary N) is 1. The van der Waals surface area contributed by atoms with Crippen LogP contribution in [0.15, 0.2) is 23.7 Å². The molecule has 1 aromatic heterocycles. The van der Waals surface area contributed by atoms with Crippen LogP contribution >= 0.6 is 23.2 Å². The summed E-state index contributed by atoms with van der Waals surface area (Å²) < 4.78 is 49.2. The van der Waals surface area contributed by atoms with Crippen LogP contribution in [0.25, 0.3) is 0 Å². The van der Waals surface area contributed by atoms with Crippen molar-refractivity contribution in [2.75, 3.05) is 20.1 Å². The molecule has 0 saturated heterocycles. The van der Waals surface area contributed by atoms with Crippen LogP contribution in [-0.2, 0) is 9.59 Å². The smallest absolute Gasteiger partial charge is 0.431 e. The number of allylic oxidation sites excluding steroid dienone is 2. The first-order valence-corrected chi connectivity index (χ1v) is 13.8. The number of aliphatic carboxylic acids is 1. The van der Waals surface area contributed by atoms with Crippen molar-refractivity contribution in [2.45, 2.75) is 70.1 Å². The predicted octanol–water partition coefficient (Wildman–Crippen LogP) is 6.29. The highest BCUT2D eigenvalue weighted by Gasteiger charge is 2.35. The van der Waals surface area contributed by atoms with Crippen LogP contribution < -0.4 is 5.73 Å². The quantitative estimate of drug-likeness (QED) is 0.101. The number of pyridine rings is 1. The first-order chi connectivity index (χ1) is 19.1. The normalized spacial score (nSPS) is 20.5. The highest BCUT2D eigenvalue weighted by molar-refractivity contribution is 6.39. The molecule has 2 aliphatic carbocycles. The van der Waals surface area contributed by atoms with Gasteiger partial charge in [0.15, 0.2) is 12.1 Å². The van der Waals surface area contributed by atoms with Gasteiger partial charge in [-0.2, -0.15) is 13.2 Å². The van der Waals surface area contributed by atoms with Crippen molar-refractivity contribution in [1.29, 1.82) is 5.41 Å². The maximum atomic E-state index is 14.4. The van der Waals surface area contributed by atoms with Gasteiger partial charge in [-0.1, -0.05) is 55.8 Å². The fourth-order valence-corrected chi connectivity index (χ4v) is 5.31. The summed E-state index contributed by atoms with van der Waals surface area (Å²) in [5.41, 5.74) is 1.18. The van der Waals surface area contributed by atoms with Crippen LogP contribution in [0.3, 0.4) is 0 Å². The number of carbonyl (C=O) groups excluding carboxylic acids is 2. The van der Waals surface area contributed by atoms with Crippen LogP contribution in [0.5, 0.6) is 0 Å². The van der Waals surface area contributed by atoms with Gasteiger partial charge in [-0.05, 0) is 38.6 Å². The van der Waals surface area contributed by atoms with Crippen molar-refractivity contribution in [2.24, 2.45) is 17.6 Å². The summed E-state index contributed by atoms with van der Waals surface area (Å²) in [4.78, 5) is 38.1. The number of Topliss-reactive ketones (excluding diaryl/α,β-unsaturated/α-hetero) is 1. The van der Waals surface area contributed by atoms with Crippen molar-refractivity contribution < 1.29 is 37.1 Å². The molecular weight excluding hydrogens is 591 g/mol. The molecule has 2 atom stereocenters. The highest BCUT2D eigenvalue weighted by atomic mass is 35.5. The van der Waals surface area contributed by atoms with E-state index in [1.54, 1.807) is 11.9 Å². The number of carboxylic acids is 1. The number of carboxylic acid groups (broad SMARTS) is 1. The van der Waals surface area contributed by atoms with E-state index in [0.717, 1.165) is 32.1 Å². The van der Waals surface area contributed by atoms with E-state index in [-0.39, 0.29) is 52.9 Å². The molecule has 0 aliphatic heterocycles. The average Bonchev–Trinajstić information content (AvgIpc) is 3.30. The number of carbonyl (C=O) groups is 3. The maximum Gasteiger partial charge on any atom is 0.431 e. The fraction of sp³-hybridized carbons (Fsp3) is 0.593. The monoisotopic (exact) mass is 626 g/mol. The van der Waals surface area contributed by atoms with Crippen LogP contribution in [0, 0.1) is 17.2 Å². The summed E-state index contributed by atoms with van der Waals surface area (Å²) in [7, 11) is 1.74. The van der Waals surface area contributed by atoms with Gasteiger partial charge in [0, 0.05) is 25.2 Å². The van der Waals surface area contributed by atoms with Crippen molar-refractivity contribution in [3.05, 3.63) is 39.3 Å². The molecule has 3 rings (SSSR count). The Bertz CT molecular complexity index is 1070. The number of nitrogens with zero attached hydrogens (tertiary/aromatic N) is 2. The molecule has 2 aliphatic rings. The standard InChI is InChI=1S/C14H17Cl2FN2O.C8H14O2.C5H5F3N2O/c1-19(9-14(17)4-2-3-5-14)8-12(20)13-10(15)6-18-7-11(13)16;1-6-4-2-3-5-7(6)8(9)10;6-5(7,8)4(10)3(1-9)2-11/h6-7H,2-5,8-9H2,1H3;6-7H,2-5H2,1H3,(H,9,10);1-2,9H,10H2/b;;4-3+,9-1?. The van der Waals surface area contributed by atoms with Gasteiger partial charge in [-0.3, -0.25) is 24.3 Å². The molecule has 2 fully saturated rings. The van der Waals surface area contributed by atoms with E-state index in [2.05, 4.69) is 10.7 Å². The Morgan fingerprint density at radius 2 is 1.71 bits per heavy atom. The van der Waals surface area contributed by atoms with Crippen molar-refractivity contribution in [3.8, 4) is 0 Å². The summed E-state index contributed by atoms with van der Waals surface area (Å²) in [6.45, 7) is 2.39. The zero-order valence-corrected chi connectivity index (χ0v) is 24.5. The van der Waals surface area contributed by atoms with Crippen LogP contribution in [0.1, 0.15) is 68.6 Å². The lowest BCUT2D eigenvalue weighted by atomic mass is 9.81. The van der Waals surface area contributed by atoms with Gasteiger partial charge in [0.2, 0.25) is 0 Å². The van der Waals surface area contributed by atoms with Crippen molar-refractivity contribution in [1.82, 2.24) is 9.88 Å². The Balaban J connectivity index is 0.000000339.